The number of hydrogen-bond donors (Lipinski definition) is 1. The van der Waals surface area contributed by atoms with Crippen molar-refractivity contribution in [2.24, 2.45) is 5.41 Å². The Labute approximate surface area is 132 Å². The minimum Gasteiger partial charge on any atom is -0.351 e. The maximum atomic E-state index is 12.3. The third-order valence-corrected chi connectivity index (χ3v) is 5.51. The minimum absolute atomic E-state index is 0.0151. The fourth-order valence-corrected chi connectivity index (χ4v) is 3.67. The molecule has 1 amide bonds. The van der Waals surface area contributed by atoms with Gasteiger partial charge in [-0.2, -0.15) is 0 Å². The predicted molar refractivity (Wildman–Crippen MR) is 84.9 cm³/mol. The molecule has 1 saturated carbocycles. The number of rotatable bonds is 5. The lowest BCUT2D eigenvalue weighted by molar-refractivity contribution is -0.385. The molecule has 0 aliphatic heterocycles. The van der Waals surface area contributed by atoms with Gasteiger partial charge in [0.2, 0.25) is 0 Å². The molecule has 1 aliphatic rings. The average molecular weight is 355 g/mol. The molecule has 1 aromatic carbocycles. The number of halogens is 1. The van der Waals surface area contributed by atoms with Gasteiger partial charge in [-0.05, 0) is 31.2 Å². The van der Waals surface area contributed by atoms with Crippen LogP contribution in [0.3, 0.4) is 0 Å². The van der Waals surface area contributed by atoms with Gasteiger partial charge in [-0.25, -0.2) is 0 Å². The summed E-state index contributed by atoms with van der Waals surface area (Å²) in [6.45, 7) is 2.22. The Hall–Kier alpha value is -1.43. The molecular weight excluding hydrogens is 336 g/mol. The molecule has 114 valence electrons. The van der Waals surface area contributed by atoms with Gasteiger partial charge in [-0.1, -0.05) is 34.8 Å². The molecule has 0 radical (unpaired) electrons. The van der Waals surface area contributed by atoms with Crippen LogP contribution in [-0.4, -0.2) is 22.7 Å². The molecule has 0 unspecified atom stereocenters. The molecule has 2 rings (SSSR count). The van der Waals surface area contributed by atoms with Crippen LogP contribution in [0.15, 0.2) is 18.2 Å². The summed E-state index contributed by atoms with van der Waals surface area (Å²) < 4.78 is 0. The molecule has 1 aromatic rings. The highest BCUT2D eigenvalue weighted by molar-refractivity contribution is 9.09. The van der Waals surface area contributed by atoms with Crippen molar-refractivity contribution in [1.82, 2.24) is 5.32 Å². The summed E-state index contributed by atoms with van der Waals surface area (Å²) in [6.07, 6.45) is 4.59. The zero-order valence-electron chi connectivity index (χ0n) is 12.0. The highest BCUT2D eigenvalue weighted by Gasteiger charge is 2.33. The normalized spacial score (nSPS) is 16.7. The fraction of sp³-hybridized carbons (Fsp3) is 0.533. The lowest BCUT2D eigenvalue weighted by atomic mass is 9.88. The van der Waals surface area contributed by atoms with Crippen LogP contribution in [0.2, 0.25) is 0 Å². The topological polar surface area (TPSA) is 72.2 Å². The van der Waals surface area contributed by atoms with E-state index in [-0.39, 0.29) is 17.0 Å². The first kappa shape index (κ1) is 15.9. The molecule has 0 heterocycles. The number of carbonyl (C=O) groups excluding carboxylic acids is 1. The molecule has 1 fully saturated rings. The molecule has 6 heteroatoms. The zero-order chi connectivity index (χ0) is 15.5. The molecule has 5 nitrogen and oxygen atoms in total. The summed E-state index contributed by atoms with van der Waals surface area (Å²) in [6, 6.07) is 4.60. The zero-order valence-corrected chi connectivity index (χ0v) is 13.6. The first-order valence-electron chi connectivity index (χ1n) is 7.07. The van der Waals surface area contributed by atoms with Crippen molar-refractivity contribution >= 4 is 27.5 Å². The van der Waals surface area contributed by atoms with E-state index in [2.05, 4.69) is 21.2 Å². The summed E-state index contributed by atoms with van der Waals surface area (Å²) in [5.74, 6) is -0.233. The van der Waals surface area contributed by atoms with Crippen LogP contribution in [0.1, 0.15) is 41.6 Å². The van der Waals surface area contributed by atoms with E-state index in [0.717, 1.165) is 18.2 Å². The Morgan fingerprint density at radius 2 is 2.10 bits per heavy atom. The molecule has 0 spiro atoms. The minimum atomic E-state index is -0.455. The Morgan fingerprint density at radius 1 is 1.43 bits per heavy atom. The van der Waals surface area contributed by atoms with Gasteiger partial charge in [0.25, 0.3) is 11.6 Å². The van der Waals surface area contributed by atoms with Gasteiger partial charge in [0.1, 0.15) is 0 Å². The number of nitrogens with one attached hydrogen (secondary N) is 1. The summed E-state index contributed by atoms with van der Waals surface area (Å²) in [5.41, 5.74) is 0.912. The largest absolute Gasteiger partial charge is 0.351 e. The predicted octanol–water partition coefficient (Wildman–Crippen LogP) is 3.59. The van der Waals surface area contributed by atoms with Crippen molar-refractivity contribution in [2.45, 2.75) is 32.6 Å². The number of nitro groups is 1. The van der Waals surface area contributed by atoms with Gasteiger partial charge in [-0.15, -0.1) is 0 Å². The number of nitrogens with zero attached hydrogens (tertiary/aromatic N) is 1. The third kappa shape index (κ3) is 3.43. The second-order valence-corrected chi connectivity index (χ2v) is 6.29. The van der Waals surface area contributed by atoms with E-state index < -0.39 is 4.92 Å². The van der Waals surface area contributed by atoms with Gasteiger partial charge in [0, 0.05) is 29.1 Å². The first-order chi connectivity index (χ1) is 9.99. The molecule has 0 bridgehead atoms. The monoisotopic (exact) mass is 354 g/mol. The van der Waals surface area contributed by atoms with Crippen LogP contribution in [0.25, 0.3) is 0 Å². The summed E-state index contributed by atoms with van der Waals surface area (Å²) in [4.78, 5) is 22.8. The number of amides is 1. The summed E-state index contributed by atoms with van der Waals surface area (Å²) in [5, 5.41) is 14.7. The van der Waals surface area contributed by atoms with Crippen molar-refractivity contribution in [2.75, 3.05) is 11.9 Å². The van der Waals surface area contributed by atoms with E-state index in [1.807, 2.05) is 0 Å². The van der Waals surface area contributed by atoms with Crippen LogP contribution >= 0.6 is 15.9 Å². The van der Waals surface area contributed by atoms with Gasteiger partial charge in [0.05, 0.1) is 4.92 Å². The maximum Gasteiger partial charge on any atom is 0.273 e. The maximum absolute atomic E-state index is 12.3. The number of alkyl halides is 1. The van der Waals surface area contributed by atoms with Crippen LogP contribution in [0.5, 0.6) is 0 Å². The van der Waals surface area contributed by atoms with E-state index in [1.165, 1.54) is 18.9 Å². The smallest absolute Gasteiger partial charge is 0.273 e. The van der Waals surface area contributed by atoms with Gasteiger partial charge in [0.15, 0.2) is 0 Å². The number of hydrogen-bond acceptors (Lipinski definition) is 3. The van der Waals surface area contributed by atoms with Crippen LogP contribution in [-0.2, 0) is 0 Å². The second kappa shape index (κ2) is 6.56. The Bertz CT molecular complexity index is 554. The van der Waals surface area contributed by atoms with Crippen molar-refractivity contribution in [3.05, 3.63) is 39.4 Å². The molecule has 1 aliphatic carbocycles. The molecule has 1 N–H and O–H groups in total. The standard InChI is InChI=1S/C15H19BrN2O3/c1-11-12(5-4-6-13(11)18(20)21)14(19)17-10-15(9-16)7-2-3-8-15/h4-6H,2-3,7-10H2,1H3,(H,17,19). The van der Waals surface area contributed by atoms with E-state index in [0.29, 0.717) is 17.7 Å². The molecule has 0 aromatic heterocycles. The molecule has 21 heavy (non-hydrogen) atoms. The van der Waals surface area contributed by atoms with Crippen molar-refractivity contribution in [1.29, 1.82) is 0 Å². The van der Waals surface area contributed by atoms with Crippen LogP contribution in [0.4, 0.5) is 5.69 Å². The van der Waals surface area contributed by atoms with Crippen molar-refractivity contribution in [3.8, 4) is 0 Å². The van der Waals surface area contributed by atoms with Crippen LogP contribution < -0.4 is 5.32 Å². The third-order valence-electron chi connectivity index (χ3n) is 4.32. The van der Waals surface area contributed by atoms with E-state index >= 15 is 0 Å². The van der Waals surface area contributed by atoms with Gasteiger partial charge < -0.3 is 5.32 Å². The number of nitro benzene ring substituents is 1. The fourth-order valence-electron chi connectivity index (χ4n) is 2.91. The highest BCUT2D eigenvalue weighted by Crippen LogP contribution is 2.39. The number of benzene rings is 1. The van der Waals surface area contributed by atoms with E-state index in [1.54, 1.807) is 19.1 Å². The Kier molecular flexibility index (Phi) is 4.98. The van der Waals surface area contributed by atoms with Crippen molar-refractivity contribution < 1.29 is 9.72 Å². The number of carbonyl (C=O) groups is 1. The SMILES string of the molecule is Cc1c(C(=O)NCC2(CBr)CCCC2)cccc1[N+](=O)[O-]. The lowest BCUT2D eigenvalue weighted by Crippen LogP contribution is -2.37. The lowest BCUT2D eigenvalue weighted by Gasteiger charge is -2.26. The Balaban J connectivity index is 2.10. The second-order valence-electron chi connectivity index (χ2n) is 5.73. The van der Waals surface area contributed by atoms with Gasteiger partial charge >= 0.3 is 0 Å². The summed E-state index contributed by atoms with van der Waals surface area (Å²) >= 11 is 3.54. The van der Waals surface area contributed by atoms with Crippen molar-refractivity contribution in [3.63, 3.8) is 0 Å². The van der Waals surface area contributed by atoms with E-state index in [4.69, 9.17) is 0 Å². The highest BCUT2D eigenvalue weighted by atomic mass is 79.9. The van der Waals surface area contributed by atoms with E-state index in [9.17, 15) is 14.9 Å². The molecular formula is C15H19BrN2O3. The summed E-state index contributed by atoms with van der Waals surface area (Å²) in [7, 11) is 0. The molecule has 0 saturated heterocycles. The average Bonchev–Trinajstić information content (AvgIpc) is 2.94. The Morgan fingerprint density at radius 3 is 2.67 bits per heavy atom. The van der Waals surface area contributed by atoms with Crippen LogP contribution in [0, 0.1) is 22.5 Å². The quantitative estimate of drug-likeness (QED) is 0.498. The van der Waals surface area contributed by atoms with Gasteiger partial charge in [-0.3, -0.25) is 14.9 Å². The molecule has 0 atom stereocenters. The first-order valence-corrected chi connectivity index (χ1v) is 8.19.